The minimum atomic E-state index is -0.630. The third-order valence-electron chi connectivity index (χ3n) is 5.89. The Balaban J connectivity index is 1.43. The van der Waals surface area contributed by atoms with Crippen molar-refractivity contribution in [1.29, 1.82) is 0 Å². The first-order valence-corrected chi connectivity index (χ1v) is 11.3. The van der Waals surface area contributed by atoms with Crippen LogP contribution in [0.4, 0.5) is 5.69 Å². The first-order valence-electron chi connectivity index (χ1n) is 11.3. The molecule has 1 atom stereocenters. The smallest absolute Gasteiger partial charge is 0.138 e. The Kier molecular flexibility index (Phi) is 5.16. The van der Waals surface area contributed by atoms with Gasteiger partial charge in [0.2, 0.25) is 0 Å². The number of pyridine rings is 4. The van der Waals surface area contributed by atoms with Gasteiger partial charge in [-0.15, -0.1) is 0 Å². The first-order chi connectivity index (χ1) is 17.2. The molecule has 0 fully saturated rings. The number of anilines is 1. The van der Waals surface area contributed by atoms with E-state index in [2.05, 4.69) is 35.5 Å². The molecule has 0 aliphatic heterocycles. The summed E-state index contributed by atoms with van der Waals surface area (Å²) in [6.07, 6.45) is 6.95. The number of aliphatic hydroxyl groups is 1. The monoisotopic (exact) mass is 462 g/mol. The van der Waals surface area contributed by atoms with E-state index in [1.54, 1.807) is 24.8 Å². The Labute approximate surface area is 200 Å². The van der Waals surface area contributed by atoms with Gasteiger partial charge in [-0.2, -0.15) is 5.10 Å². The Morgan fingerprint density at radius 1 is 1.00 bits per heavy atom. The summed E-state index contributed by atoms with van der Waals surface area (Å²) < 4.78 is 0. The van der Waals surface area contributed by atoms with Crippen molar-refractivity contribution in [2.45, 2.75) is 19.6 Å². The largest absolute Gasteiger partial charge is 0.374 e. The molecular weight excluding hydrogens is 440 g/mol. The molecule has 4 N–H and O–H groups in total. The van der Waals surface area contributed by atoms with Gasteiger partial charge in [0.25, 0.3) is 0 Å². The van der Waals surface area contributed by atoms with Crippen LogP contribution in [0.1, 0.15) is 13.3 Å². The van der Waals surface area contributed by atoms with Gasteiger partial charge in [-0.05, 0) is 48.9 Å². The molecule has 6 aromatic heterocycles. The van der Waals surface area contributed by atoms with Crippen LogP contribution in [0, 0.1) is 0 Å². The van der Waals surface area contributed by atoms with Crippen LogP contribution in [0.15, 0.2) is 73.3 Å². The van der Waals surface area contributed by atoms with Crippen molar-refractivity contribution in [2.75, 3.05) is 5.32 Å². The van der Waals surface area contributed by atoms with Gasteiger partial charge in [-0.1, -0.05) is 13.0 Å². The molecule has 0 aliphatic rings. The Bertz CT molecular complexity index is 1640. The molecule has 0 radical (unpaired) electrons. The standard InChI is InChI=1S/C26H22N8O/c1-2-23(35)30-16-11-15(13-27-14-16)19-6-7-21-24(31-19)25(34-33-21)22-12-18-17(8-10-29-26(18)32-22)20-5-3-4-9-28-20/h3-14,23,30,35H,2H2,1H3,(H,29,32)(H,33,34). The van der Waals surface area contributed by atoms with E-state index in [4.69, 9.17) is 4.98 Å². The summed E-state index contributed by atoms with van der Waals surface area (Å²) in [5.41, 5.74) is 8.03. The highest BCUT2D eigenvalue weighted by Gasteiger charge is 2.16. The van der Waals surface area contributed by atoms with E-state index >= 15 is 0 Å². The fourth-order valence-corrected chi connectivity index (χ4v) is 4.10. The predicted molar refractivity (Wildman–Crippen MR) is 135 cm³/mol. The van der Waals surface area contributed by atoms with Gasteiger partial charge in [0, 0.05) is 35.1 Å². The van der Waals surface area contributed by atoms with Gasteiger partial charge in [0.1, 0.15) is 23.1 Å². The van der Waals surface area contributed by atoms with Crippen LogP contribution in [0.5, 0.6) is 0 Å². The number of rotatable bonds is 6. The highest BCUT2D eigenvalue weighted by Crippen LogP contribution is 2.33. The van der Waals surface area contributed by atoms with E-state index in [0.29, 0.717) is 12.1 Å². The number of aromatic amines is 2. The lowest BCUT2D eigenvalue weighted by Gasteiger charge is -2.12. The predicted octanol–water partition coefficient (Wildman–Crippen LogP) is 4.77. The van der Waals surface area contributed by atoms with Crippen molar-refractivity contribution in [2.24, 2.45) is 0 Å². The van der Waals surface area contributed by atoms with Crippen LogP contribution in [0.3, 0.4) is 0 Å². The molecule has 0 aromatic carbocycles. The molecule has 0 bridgehead atoms. The van der Waals surface area contributed by atoms with Crippen molar-refractivity contribution in [3.8, 4) is 33.9 Å². The summed E-state index contributed by atoms with van der Waals surface area (Å²) in [5.74, 6) is 0. The molecule has 0 saturated heterocycles. The summed E-state index contributed by atoms with van der Waals surface area (Å²) in [6, 6.07) is 15.7. The van der Waals surface area contributed by atoms with Crippen molar-refractivity contribution in [3.63, 3.8) is 0 Å². The molecule has 0 amide bonds. The van der Waals surface area contributed by atoms with E-state index in [1.807, 2.05) is 55.5 Å². The maximum Gasteiger partial charge on any atom is 0.138 e. The Hall–Kier alpha value is -4.63. The van der Waals surface area contributed by atoms with Crippen LogP contribution >= 0.6 is 0 Å². The van der Waals surface area contributed by atoms with Crippen molar-refractivity contribution in [1.82, 2.24) is 35.1 Å². The van der Waals surface area contributed by atoms with E-state index in [1.165, 1.54) is 0 Å². The zero-order valence-electron chi connectivity index (χ0n) is 18.9. The third-order valence-corrected chi connectivity index (χ3v) is 5.89. The number of nitrogens with one attached hydrogen (secondary N) is 3. The second kappa shape index (κ2) is 8.62. The van der Waals surface area contributed by atoms with Gasteiger partial charge in [0.05, 0.1) is 34.5 Å². The minimum absolute atomic E-state index is 0.591. The molecule has 9 heteroatoms. The summed E-state index contributed by atoms with van der Waals surface area (Å²) in [5, 5.41) is 21.5. The van der Waals surface area contributed by atoms with Crippen LogP contribution in [0.25, 0.3) is 56.0 Å². The maximum atomic E-state index is 9.92. The molecule has 6 heterocycles. The maximum absolute atomic E-state index is 9.92. The number of hydrogen-bond acceptors (Lipinski definition) is 7. The lowest BCUT2D eigenvalue weighted by atomic mass is 10.1. The van der Waals surface area contributed by atoms with E-state index in [9.17, 15) is 5.11 Å². The quantitative estimate of drug-likeness (QED) is 0.263. The molecule has 172 valence electrons. The van der Waals surface area contributed by atoms with Gasteiger partial charge >= 0.3 is 0 Å². The fourth-order valence-electron chi connectivity index (χ4n) is 4.10. The lowest BCUT2D eigenvalue weighted by molar-refractivity contribution is 0.199. The second-order valence-electron chi connectivity index (χ2n) is 8.21. The number of H-pyrrole nitrogens is 2. The fraction of sp³-hybridized carbons (Fsp3) is 0.115. The average molecular weight is 463 g/mol. The number of nitrogens with zero attached hydrogens (tertiary/aromatic N) is 5. The Morgan fingerprint density at radius 2 is 1.94 bits per heavy atom. The lowest BCUT2D eigenvalue weighted by Crippen LogP contribution is -2.16. The van der Waals surface area contributed by atoms with E-state index in [0.717, 1.165) is 56.0 Å². The number of hydrogen-bond donors (Lipinski definition) is 4. The molecule has 6 aromatic rings. The SMILES string of the molecule is CCC(O)Nc1cncc(-c2ccc3[nH]nc(-c4cc5c(-c6ccccn6)ccnc5[nH]4)c3n2)c1. The zero-order chi connectivity index (χ0) is 23.8. The Morgan fingerprint density at radius 3 is 2.80 bits per heavy atom. The molecule has 0 spiro atoms. The summed E-state index contributed by atoms with van der Waals surface area (Å²) >= 11 is 0. The summed E-state index contributed by atoms with van der Waals surface area (Å²) in [4.78, 5) is 21.6. The van der Waals surface area contributed by atoms with E-state index < -0.39 is 6.23 Å². The average Bonchev–Trinajstić information content (AvgIpc) is 3.53. The van der Waals surface area contributed by atoms with Crippen LogP contribution in [-0.4, -0.2) is 46.5 Å². The van der Waals surface area contributed by atoms with Gasteiger partial charge in [-0.3, -0.25) is 15.1 Å². The number of aliphatic hydroxyl groups excluding tert-OH is 1. The minimum Gasteiger partial charge on any atom is -0.374 e. The van der Waals surface area contributed by atoms with Gasteiger partial charge in [0.15, 0.2) is 0 Å². The van der Waals surface area contributed by atoms with Crippen molar-refractivity contribution >= 4 is 27.8 Å². The zero-order valence-corrected chi connectivity index (χ0v) is 18.9. The molecule has 35 heavy (non-hydrogen) atoms. The summed E-state index contributed by atoms with van der Waals surface area (Å²) in [7, 11) is 0. The molecule has 9 nitrogen and oxygen atoms in total. The number of aromatic nitrogens is 7. The van der Waals surface area contributed by atoms with Crippen LogP contribution in [0.2, 0.25) is 0 Å². The van der Waals surface area contributed by atoms with Crippen molar-refractivity contribution in [3.05, 3.63) is 73.3 Å². The topological polar surface area (TPSA) is 128 Å². The second-order valence-corrected chi connectivity index (χ2v) is 8.21. The highest BCUT2D eigenvalue weighted by atomic mass is 16.3. The van der Waals surface area contributed by atoms with Gasteiger partial charge < -0.3 is 15.4 Å². The third kappa shape index (κ3) is 3.87. The van der Waals surface area contributed by atoms with Gasteiger partial charge in [-0.25, -0.2) is 9.97 Å². The number of fused-ring (bicyclic) bond motifs is 2. The van der Waals surface area contributed by atoms with Crippen LogP contribution < -0.4 is 5.32 Å². The highest BCUT2D eigenvalue weighted by molar-refractivity contribution is 5.98. The van der Waals surface area contributed by atoms with E-state index in [-0.39, 0.29) is 0 Å². The van der Waals surface area contributed by atoms with Crippen molar-refractivity contribution < 1.29 is 5.11 Å². The molecule has 1 unspecified atom stereocenters. The van der Waals surface area contributed by atoms with Crippen LogP contribution in [-0.2, 0) is 0 Å². The first kappa shape index (κ1) is 20.9. The molecule has 0 aliphatic carbocycles. The normalized spacial score (nSPS) is 12.3. The molecule has 0 saturated carbocycles. The summed E-state index contributed by atoms with van der Waals surface area (Å²) in [6.45, 7) is 1.91. The molecule has 6 rings (SSSR count). The molecular formula is C26H22N8O.